The van der Waals surface area contributed by atoms with Crippen molar-refractivity contribution in [2.24, 2.45) is 0 Å². The molecule has 5 heteroatoms. The molecule has 0 aliphatic carbocycles. The summed E-state index contributed by atoms with van der Waals surface area (Å²) in [4.78, 5) is 24.2. The number of benzene rings is 1. The number of carbonyl (C=O) groups is 2. The molecule has 0 spiro atoms. The van der Waals surface area contributed by atoms with Gasteiger partial charge < -0.3 is 14.7 Å². The Kier molecular flexibility index (Phi) is 4.76. The fourth-order valence-corrected chi connectivity index (χ4v) is 1.71. The van der Waals surface area contributed by atoms with Gasteiger partial charge in [0.15, 0.2) is 6.61 Å². The van der Waals surface area contributed by atoms with Crippen LogP contribution in [0.1, 0.15) is 25.0 Å². The Bertz CT molecular complexity index is 502. The first-order chi connectivity index (χ1) is 9.14. The molecule has 0 radical (unpaired) electrons. The molecule has 1 aromatic carbocycles. The van der Waals surface area contributed by atoms with Crippen LogP contribution >= 0.6 is 0 Å². The summed E-state index contributed by atoms with van der Waals surface area (Å²) in [7, 11) is 1.46. The Labute approximate surface area is 119 Å². The molecule has 110 valence electrons. The van der Waals surface area contributed by atoms with Crippen molar-refractivity contribution in [2.45, 2.75) is 33.2 Å². The van der Waals surface area contributed by atoms with Crippen LogP contribution in [0.4, 0.5) is 0 Å². The van der Waals surface area contributed by atoms with Crippen LogP contribution in [0.5, 0.6) is 5.75 Å². The van der Waals surface area contributed by atoms with Crippen molar-refractivity contribution in [1.82, 2.24) is 4.90 Å². The molecule has 0 saturated heterocycles. The minimum absolute atomic E-state index is 0.184. The van der Waals surface area contributed by atoms with Crippen molar-refractivity contribution >= 4 is 11.9 Å². The average molecular weight is 279 g/mol. The fourth-order valence-electron chi connectivity index (χ4n) is 1.71. The Balaban J connectivity index is 2.70. The molecule has 0 aromatic heterocycles. The predicted molar refractivity (Wildman–Crippen MR) is 75.9 cm³/mol. The zero-order valence-corrected chi connectivity index (χ0v) is 12.6. The smallest absolute Gasteiger partial charge is 0.329 e. The van der Waals surface area contributed by atoms with Crippen LogP contribution in [0.2, 0.25) is 0 Å². The highest BCUT2D eigenvalue weighted by molar-refractivity contribution is 5.86. The number of rotatable bonds is 5. The molecule has 0 aliphatic rings. The lowest BCUT2D eigenvalue weighted by molar-refractivity contribution is -0.156. The van der Waals surface area contributed by atoms with Crippen LogP contribution in [-0.4, -0.2) is 41.1 Å². The fraction of sp³-hybridized carbons (Fsp3) is 0.467. The molecule has 0 saturated carbocycles. The van der Waals surface area contributed by atoms with Gasteiger partial charge in [0.2, 0.25) is 0 Å². The van der Waals surface area contributed by atoms with Crippen LogP contribution in [0.15, 0.2) is 18.2 Å². The van der Waals surface area contributed by atoms with E-state index in [-0.39, 0.29) is 12.5 Å². The average Bonchev–Trinajstić information content (AvgIpc) is 2.33. The second-order valence-electron chi connectivity index (χ2n) is 5.43. The topological polar surface area (TPSA) is 66.8 Å². The molecule has 0 atom stereocenters. The van der Waals surface area contributed by atoms with Gasteiger partial charge in [0.1, 0.15) is 11.3 Å². The predicted octanol–water partition coefficient (Wildman–Crippen LogP) is 2.00. The highest BCUT2D eigenvalue weighted by atomic mass is 16.5. The molecular formula is C15H21NO4. The van der Waals surface area contributed by atoms with Gasteiger partial charge in [0, 0.05) is 7.05 Å². The molecule has 1 aromatic rings. The van der Waals surface area contributed by atoms with E-state index < -0.39 is 11.5 Å². The van der Waals surface area contributed by atoms with Gasteiger partial charge in [-0.25, -0.2) is 4.79 Å². The summed E-state index contributed by atoms with van der Waals surface area (Å²) in [6.45, 7) is 6.66. The van der Waals surface area contributed by atoms with Crippen LogP contribution in [-0.2, 0) is 9.59 Å². The van der Waals surface area contributed by atoms with Crippen molar-refractivity contribution in [3.8, 4) is 5.75 Å². The maximum Gasteiger partial charge on any atom is 0.329 e. The Morgan fingerprint density at radius 1 is 1.20 bits per heavy atom. The van der Waals surface area contributed by atoms with Crippen molar-refractivity contribution in [2.75, 3.05) is 13.7 Å². The van der Waals surface area contributed by atoms with Crippen molar-refractivity contribution in [3.63, 3.8) is 0 Å². The highest BCUT2D eigenvalue weighted by Gasteiger charge is 2.35. The maximum absolute atomic E-state index is 12.0. The number of hydrogen-bond acceptors (Lipinski definition) is 3. The first-order valence-corrected chi connectivity index (χ1v) is 6.35. The van der Waals surface area contributed by atoms with Crippen molar-refractivity contribution < 1.29 is 19.4 Å². The quantitative estimate of drug-likeness (QED) is 0.895. The van der Waals surface area contributed by atoms with Gasteiger partial charge >= 0.3 is 5.97 Å². The normalized spacial score (nSPS) is 11.1. The van der Waals surface area contributed by atoms with E-state index in [1.807, 2.05) is 32.0 Å². The number of ether oxygens (including phenoxy) is 1. The van der Waals surface area contributed by atoms with E-state index in [9.17, 15) is 9.59 Å². The third kappa shape index (κ3) is 3.73. The van der Waals surface area contributed by atoms with Crippen molar-refractivity contribution in [1.29, 1.82) is 0 Å². The van der Waals surface area contributed by atoms with Crippen LogP contribution in [0, 0.1) is 13.8 Å². The van der Waals surface area contributed by atoms with Gasteiger partial charge in [-0.2, -0.15) is 0 Å². The zero-order valence-electron chi connectivity index (χ0n) is 12.6. The lowest BCUT2D eigenvalue weighted by atomic mass is 10.0. The second kappa shape index (κ2) is 5.94. The van der Waals surface area contributed by atoms with E-state index >= 15 is 0 Å². The van der Waals surface area contributed by atoms with E-state index in [4.69, 9.17) is 9.84 Å². The van der Waals surface area contributed by atoms with Crippen LogP contribution in [0.25, 0.3) is 0 Å². The molecule has 0 heterocycles. The number of carbonyl (C=O) groups excluding carboxylic acids is 1. The monoisotopic (exact) mass is 279 g/mol. The summed E-state index contributed by atoms with van der Waals surface area (Å²) in [5, 5.41) is 9.08. The number of carboxylic acids is 1. The van der Waals surface area contributed by atoms with Gasteiger partial charge in [-0.05, 0) is 51.0 Å². The molecule has 1 amide bonds. The van der Waals surface area contributed by atoms with Crippen molar-refractivity contribution in [3.05, 3.63) is 29.3 Å². The summed E-state index contributed by atoms with van der Waals surface area (Å²) in [5.74, 6) is -0.825. The zero-order chi connectivity index (χ0) is 15.5. The molecule has 0 aliphatic heterocycles. The number of hydrogen-bond donors (Lipinski definition) is 1. The lowest BCUT2D eigenvalue weighted by Gasteiger charge is -2.31. The minimum Gasteiger partial charge on any atom is -0.484 e. The van der Waals surface area contributed by atoms with E-state index in [1.54, 1.807) is 0 Å². The first kappa shape index (κ1) is 16.0. The molecule has 1 rings (SSSR count). The van der Waals surface area contributed by atoms with Gasteiger partial charge in [-0.15, -0.1) is 0 Å². The minimum atomic E-state index is -1.26. The van der Waals surface area contributed by atoms with Gasteiger partial charge in [0.25, 0.3) is 5.91 Å². The number of carboxylic acid groups (broad SMARTS) is 1. The van der Waals surface area contributed by atoms with Gasteiger partial charge in [-0.3, -0.25) is 4.79 Å². The van der Waals surface area contributed by atoms with Gasteiger partial charge in [-0.1, -0.05) is 6.07 Å². The Morgan fingerprint density at radius 2 is 1.70 bits per heavy atom. The largest absolute Gasteiger partial charge is 0.484 e. The summed E-state index contributed by atoms with van der Waals surface area (Å²) in [5.41, 5.74) is 0.835. The number of amides is 1. The molecule has 20 heavy (non-hydrogen) atoms. The third-order valence-corrected chi connectivity index (χ3v) is 3.29. The lowest BCUT2D eigenvalue weighted by Crippen LogP contribution is -2.52. The number of nitrogens with zero attached hydrogens (tertiary/aromatic N) is 1. The van der Waals surface area contributed by atoms with E-state index in [0.29, 0.717) is 5.75 Å². The standard InChI is InChI=1S/C15H21NO4/c1-10-6-11(2)8-12(7-10)20-9-13(17)16(5)15(3,4)14(18)19/h6-8H,9H2,1-5H3,(H,18,19). The summed E-state index contributed by atoms with van der Waals surface area (Å²) >= 11 is 0. The highest BCUT2D eigenvalue weighted by Crippen LogP contribution is 2.17. The van der Waals surface area contributed by atoms with E-state index in [1.165, 1.54) is 25.8 Å². The maximum atomic E-state index is 12.0. The molecule has 0 unspecified atom stereocenters. The number of likely N-dealkylation sites (N-methyl/N-ethyl adjacent to an activating group) is 1. The Morgan fingerprint density at radius 3 is 2.15 bits per heavy atom. The number of aryl methyl sites for hydroxylation is 2. The summed E-state index contributed by atoms with van der Waals surface area (Å²) < 4.78 is 5.44. The molecule has 1 N–H and O–H groups in total. The number of aliphatic carboxylic acids is 1. The second-order valence-corrected chi connectivity index (χ2v) is 5.43. The molecule has 5 nitrogen and oxygen atoms in total. The van der Waals surface area contributed by atoms with E-state index in [0.717, 1.165) is 11.1 Å². The molecule has 0 fully saturated rings. The first-order valence-electron chi connectivity index (χ1n) is 6.35. The molecular weight excluding hydrogens is 258 g/mol. The van der Waals surface area contributed by atoms with Gasteiger partial charge in [0.05, 0.1) is 0 Å². The molecule has 0 bridgehead atoms. The SMILES string of the molecule is Cc1cc(C)cc(OCC(=O)N(C)C(C)(C)C(=O)O)c1. The summed E-state index contributed by atoms with van der Waals surface area (Å²) in [6, 6.07) is 5.68. The third-order valence-electron chi connectivity index (χ3n) is 3.29. The van der Waals surface area contributed by atoms with Crippen LogP contribution < -0.4 is 4.74 Å². The Hall–Kier alpha value is -2.04. The summed E-state index contributed by atoms with van der Waals surface area (Å²) in [6.07, 6.45) is 0. The van der Waals surface area contributed by atoms with Crippen LogP contribution in [0.3, 0.4) is 0 Å². The van der Waals surface area contributed by atoms with E-state index in [2.05, 4.69) is 0 Å².